The second-order valence-corrected chi connectivity index (χ2v) is 4.16. The lowest BCUT2D eigenvalue weighted by molar-refractivity contribution is 0.537. The highest BCUT2D eigenvalue weighted by molar-refractivity contribution is 4.98. The molecule has 0 atom stereocenters. The number of hydrogen-bond donors (Lipinski definition) is 1. The molecule has 0 spiro atoms. The normalized spacial score (nSPS) is 11.1. The lowest BCUT2D eigenvalue weighted by Crippen LogP contribution is -2.19. The molecule has 0 aliphatic carbocycles. The van der Waals surface area contributed by atoms with Crippen molar-refractivity contribution in [3.05, 3.63) is 18.0 Å². The topological polar surface area (TPSA) is 29.9 Å². The fourth-order valence-electron chi connectivity index (χ4n) is 1.33. The van der Waals surface area contributed by atoms with Crippen LogP contribution in [0, 0.1) is 5.92 Å². The van der Waals surface area contributed by atoms with Crippen molar-refractivity contribution >= 4 is 0 Å². The van der Waals surface area contributed by atoms with Gasteiger partial charge < -0.3 is 5.32 Å². The van der Waals surface area contributed by atoms with Gasteiger partial charge in [-0.3, -0.25) is 4.68 Å². The van der Waals surface area contributed by atoms with Gasteiger partial charge in [-0.25, -0.2) is 0 Å². The summed E-state index contributed by atoms with van der Waals surface area (Å²) in [6.07, 6.45) is 4.27. The summed E-state index contributed by atoms with van der Waals surface area (Å²) in [5.74, 6) is 0.789. The van der Waals surface area contributed by atoms with Crippen molar-refractivity contribution in [3.8, 4) is 0 Å². The van der Waals surface area contributed by atoms with Crippen LogP contribution in [0.4, 0.5) is 0 Å². The van der Waals surface area contributed by atoms with Crippen molar-refractivity contribution < 1.29 is 0 Å². The number of rotatable bonds is 6. The van der Waals surface area contributed by atoms with E-state index < -0.39 is 0 Å². The van der Waals surface area contributed by atoms with Crippen LogP contribution in [0.15, 0.2) is 12.3 Å². The third-order valence-corrected chi connectivity index (χ3v) is 2.23. The molecule has 1 rings (SSSR count). The zero-order valence-corrected chi connectivity index (χ0v) is 9.45. The van der Waals surface area contributed by atoms with Gasteiger partial charge >= 0.3 is 0 Å². The van der Waals surface area contributed by atoms with Crippen LogP contribution in [-0.4, -0.2) is 22.9 Å². The van der Waals surface area contributed by atoms with Gasteiger partial charge in [-0.05, 0) is 24.9 Å². The molecule has 0 fully saturated rings. The van der Waals surface area contributed by atoms with Crippen LogP contribution in [0.5, 0.6) is 0 Å². The van der Waals surface area contributed by atoms with Gasteiger partial charge in [0.1, 0.15) is 0 Å². The first-order valence-corrected chi connectivity index (χ1v) is 5.37. The van der Waals surface area contributed by atoms with Crippen molar-refractivity contribution in [2.45, 2.75) is 26.7 Å². The van der Waals surface area contributed by atoms with Crippen LogP contribution >= 0.6 is 0 Å². The Morgan fingerprint density at radius 2 is 2.21 bits per heavy atom. The average Bonchev–Trinajstić information content (AvgIpc) is 2.50. The molecule has 0 aromatic carbocycles. The highest BCUT2D eigenvalue weighted by Gasteiger charge is 1.96. The summed E-state index contributed by atoms with van der Waals surface area (Å²) in [5.41, 5.74) is 1.17. The van der Waals surface area contributed by atoms with E-state index in [2.05, 4.69) is 30.3 Å². The maximum atomic E-state index is 4.32. The number of nitrogens with zero attached hydrogens (tertiary/aromatic N) is 2. The fourth-order valence-corrected chi connectivity index (χ4v) is 1.33. The van der Waals surface area contributed by atoms with Gasteiger partial charge in [-0.2, -0.15) is 5.10 Å². The smallest absolute Gasteiger partial charge is 0.0637 e. The number of aryl methyl sites for hydroxylation is 1. The van der Waals surface area contributed by atoms with Crippen molar-refractivity contribution in [2.75, 3.05) is 13.1 Å². The van der Waals surface area contributed by atoms with E-state index in [-0.39, 0.29) is 0 Å². The summed E-state index contributed by atoms with van der Waals surface area (Å²) >= 11 is 0. The van der Waals surface area contributed by atoms with Gasteiger partial charge in [-0.1, -0.05) is 13.8 Å². The van der Waals surface area contributed by atoms with Crippen LogP contribution in [0.25, 0.3) is 0 Å². The van der Waals surface area contributed by atoms with E-state index in [0.29, 0.717) is 0 Å². The van der Waals surface area contributed by atoms with E-state index in [4.69, 9.17) is 0 Å². The maximum Gasteiger partial charge on any atom is 0.0637 e. The third kappa shape index (κ3) is 4.42. The molecule has 3 heteroatoms. The largest absolute Gasteiger partial charge is 0.316 e. The molecular weight excluding hydrogens is 174 g/mol. The molecule has 1 aromatic heterocycles. The van der Waals surface area contributed by atoms with E-state index in [1.807, 2.05) is 17.9 Å². The van der Waals surface area contributed by atoms with Gasteiger partial charge in [-0.15, -0.1) is 0 Å². The molecule has 80 valence electrons. The summed E-state index contributed by atoms with van der Waals surface area (Å²) in [5, 5.41) is 7.75. The molecule has 3 nitrogen and oxygen atoms in total. The first kappa shape index (κ1) is 11.2. The van der Waals surface area contributed by atoms with E-state index in [1.165, 1.54) is 12.1 Å². The SMILES string of the molecule is CC(C)CCNCCc1ccn(C)n1. The van der Waals surface area contributed by atoms with Crippen molar-refractivity contribution in [2.24, 2.45) is 13.0 Å². The predicted octanol–water partition coefficient (Wildman–Crippen LogP) is 1.60. The van der Waals surface area contributed by atoms with Gasteiger partial charge in [0, 0.05) is 26.2 Å². The summed E-state index contributed by atoms with van der Waals surface area (Å²) in [6.45, 7) is 6.65. The second kappa shape index (κ2) is 5.81. The Kier molecular flexibility index (Phi) is 4.66. The minimum absolute atomic E-state index is 0.789. The minimum atomic E-state index is 0.789. The van der Waals surface area contributed by atoms with Crippen LogP contribution in [0.2, 0.25) is 0 Å². The van der Waals surface area contributed by atoms with Gasteiger partial charge in [0.05, 0.1) is 5.69 Å². The van der Waals surface area contributed by atoms with Gasteiger partial charge in [0.25, 0.3) is 0 Å². The molecular formula is C11H21N3. The highest BCUT2D eigenvalue weighted by atomic mass is 15.2. The molecule has 0 amide bonds. The molecule has 1 N–H and O–H groups in total. The molecule has 0 aliphatic rings. The van der Waals surface area contributed by atoms with Crippen LogP contribution in [0.3, 0.4) is 0 Å². The number of aromatic nitrogens is 2. The maximum absolute atomic E-state index is 4.32. The van der Waals surface area contributed by atoms with Crippen LogP contribution in [0.1, 0.15) is 26.0 Å². The Bertz CT molecular complexity index is 253. The average molecular weight is 195 g/mol. The number of hydrogen-bond acceptors (Lipinski definition) is 2. The standard InChI is InChI=1S/C11H21N3/c1-10(2)4-7-12-8-5-11-6-9-14(3)13-11/h6,9-10,12H,4-5,7-8H2,1-3H3. The van der Waals surface area contributed by atoms with Crippen LogP contribution in [-0.2, 0) is 13.5 Å². The first-order chi connectivity index (χ1) is 6.68. The second-order valence-electron chi connectivity index (χ2n) is 4.16. The molecule has 14 heavy (non-hydrogen) atoms. The molecule has 0 unspecified atom stereocenters. The summed E-state index contributed by atoms with van der Waals surface area (Å²) < 4.78 is 1.85. The fraction of sp³-hybridized carbons (Fsp3) is 0.727. The zero-order chi connectivity index (χ0) is 10.4. The molecule has 0 aliphatic heterocycles. The van der Waals surface area contributed by atoms with E-state index in [0.717, 1.165) is 25.4 Å². The molecule has 1 aromatic rings. The summed E-state index contributed by atoms with van der Waals surface area (Å²) in [6, 6.07) is 2.07. The van der Waals surface area contributed by atoms with Crippen LogP contribution < -0.4 is 5.32 Å². The third-order valence-electron chi connectivity index (χ3n) is 2.23. The lowest BCUT2D eigenvalue weighted by atomic mass is 10.1. The summed E-state index contributed by atoms with van der Waals surface area (Å²) in [7, 11) is 1.95. The predicted molar refractivity (Wildman–Crippen MR) is 59.2 cm³/mol. The van der Waals surface area contributed by atoms with E-state index in [9.17, 15) is 0 Å². The molecule has 0 radical (unpaired) electrons. The Balaban J connectivity index is 2.04. The molecule has 0 saturated heterocycles. The Morgan fingerprint density at radius 3 is 2.79 bits per heavy atom. The molecule has 0 saturated carbocycles. The minimum Gasteiger partial charge on any atom is -0.316 e. The molecule has 1 heterocycles. The summed E-state index contributed by atoms with van der Waals surface area (Å²) in [4.78, 5) is 0. The van der Waals surface area contributed by atoms with Crippen molar-refractivity contribution in [1.82, 2.24) is 15.1 Å². The Morgan fingerprint density at radius 1 is 1.43 bits per heavy atom. The highest BCUT2D eigenvalue weighted by Crippen LogP contribution is 1.97. The monoisotopic (exact) mass is 195 g/mol. The van der Waals surface area contributed by atoms with Gasteiger partial charge in [0.2, 0.25) is 0 Å². The quantitative estimate of drug-likeness (QED) is 0.699. The lowest BCUT2D eigenvalue weighted by Gasteiger charge is -2.05. The number of nitrogens with one attached hydrogen (secondary N) is 1. The van der Waals surface area contributed by atoms with Crippen molar-refractivity contribution in [3.63, 3.8) is 0 Å². The molecule has 0 bridgehead atoms. The van der Waals surface area contributed by atoms with E-state index in [1.54, 1.807) is 0 Å². The Hall–Kier alpha value is -0.830. The van der Waals surface area contributed by atoms with Gasteiger partial charge in [0.15, 0.2) is 0 Å². The first-order valence-electron chi connectivity index (χ1n) is 5.37. The van der Waals surface area contributed by atoms with Crippen molar-refractivity contribution in [1.29, 1.82) is 0 Å². The Labute approximate surface area is 86.5 Å². The van der Waals surface area contributed by atoms with E-state index >= 15 is 0 Å². The zero-order valence-electron chi connectivity index (χ0n) is 9.45.